The molecule has 0 aliphatic rings. The van der Waals surface area contributed by atoms with Crippen LogP contribution in [0.3, 0.4) is 0 Å². The highest BCUT2D eigenvalue weighted by Gasteiger charge is 2.10. The van der Waals surface area contributed by atoms with Gasteiger partial charge in [0.2, 0.25) is 0 Å². The van der Waals surface area contributed by atoms with E-state index in [1.54, 1.807) is 11.3 Å². The summed E-state index contributed by atoms with van der Waals surface area (Å²) in [4.78, 5) is 10.2. The molecule has 2 rings (SSSR count). The van der Waals surface area contributed by atoms with E-state index in [9.17, 15) is 0 Å². The summed E-state index contributed by atoms with van der Waals surface area (Å²) in [6.07, 6.45) is 1.83. The summed E-state index contributed by atoms with van der Waals surface area (Å²) in [7, 11) is 4.16. The minimum atomic E-state index is 0. The number of aromatic nitrogens is 1. The fourth-order valence-corrected chi connectivity index (χ4v) is 2.86. The lowest BCUT2D eigenvalue weighted by Gasteiger charge is -2.24. The number of hydrogen-bond acceptors (Lipinski definition) is 4. The molecule has 0 spiro atoms. The van der Waals surface area contributed by atoms with Crippen LogP contribution in [0.25, 0.3) is 0 Å². The largest absolute Gasteiger partial charge is 0.350 e. The molecule has 0 aromatic carbocycles. The van der Waals surface area contributed by atoms with E-state index in [1.165, 1.54) is 4.88 Å². The van der Waals surface area contributed by atoms with Gasteiger partial charge in [-0.25, -0.2) is 4.98 Å². The third kappa shape index (κ3) is 5.29. The van der Waals surface area contributed by atoms with Gasteiger partial charge < -0.3 is 9.80 Å². The first-order valence-electron chi connectivity index (χ1n) is 6.20. The SMILES string of the molecule is CN(C)CCN(Cc1ccc(Cl)s1)c1ccccn1.Cl. The zero-order valence-electron chi connectivity index (χ0n) is 11.6. The van der Waals surface area contributed by atoms with E-state index in [1.807, 2.05) is 30.5 Å². The van der Waals surface area contributed by atoms with Crippen molar-refractivity contribution in [2.24, 2.45) is 0 Å². The lowest BCUT2D eigenvalue weighted by Crippen LogP contribution is -2.31. The summed E-state index contributed by atoms with van der Waals surface area (Å²) >= 11 is 7.62. The van der Waals surface area contributed by atoms with Crippen molar-refractivity contribution in [2.45, 2.75) is 6.54 Å². The monoisotopic (exact) mass is 331 g/mol. The first-order valence-corrected chi connectivity index (χ1v) is 7.39. The summed E-state index contributed by atoms with van der Waals surface area (Å²) in [5.74, 6) is 1.01. The summed E-state index contributed by atoms with van der Waals surface area (Å²) in [5, 5.41) is 0. The summed E-state index contributed by atoms with van der Waals surface area (Å²) in [6.45, 7) is 2.79. The Morgan fingerprint density at radius 1 is 1.15 bits per heavy atom. The fourth-order valence-electron chi connectivity index (χ4n) is 1.76. The molecule has 20 heavy (non-hydrogen) atoms. The highest BCUT2D eigenvalue weighted by atomic mass is 35.5. The van der Waals surface area contributed by atoms with Crippen molar-refractivity contribution in [3.05, 3.63) is 45.7 Å². The van der Waals surface area contributed by atoms with E-state index in [0.29, 0.717) is 0 Å². The van der Waals surface area contributed by atoms with Crippen LogP contribution in [0.5, 0.6) is 0 Å². The van der Waals surface area contributed by atoms with Gasteiger partial charge in [0.15, 0.2) is 0 Å². The van der Waals surface area contributed by atoms with Crippen molar-refractivity contribution in [3.63, 3.8) is 0 Å². The zero-order valence-corrected chi connectivity index (χ0v) is 14.0. The summed E-state index contributed by atoms with van der Waals surface area (Å²) < 4.78 is 0.837. The lowest BCUT2D eigenvalue weighted by atomic mass is 10.3. The lowest BCUT2D eigenvalue weighted by molar-refractivity contribution is 0.412. The number of pyridine rings is 1. The van der Waals surface area contributed by atoms with Gasteiger partial charge >= 0.3 is 0 Å². The Labute approximate surface area is 135 Å². The van der Waals surface area contributed by atoms with Gasteiger partial charge in [-0.1, -0.05) is 17.7 Å². The number of likely N-dealkylation sites (N-methyl/N-ethyl adjacent to an activating group) is 1. The maximum absolute atomic E-state index is 5.99. The second-order valence-corrected chi connectivity index (χ2v) is 6.42. The molecule has 0 N–H and O–H groups in total. The van der Waals surface area contributed by atoms with Crippen molar-refractivity contribution in [3.8, 4) is 0 Å². The van der Waals surface area contributed by atoms with E-state index in [4.69, 9.17) is 11.6 Å². The van der Waals surface area contributed by atoms with Gasteiger partial charge in [0.25, 0.3) is 0 Å². The van der Waals surface area contributed by atoms with Gasteiger partial charge in [-0.15, -0.1) is 23.7 Å². The highest BCUT2D eigenvalue weighted by molar-refractivity contribution is 7.16. The van der Waals surface area contributed by atoms with Gasteiger partial charge in [-0.3, -0.25) is 0 Å². The molecular formula is C14H19Cl2N3S. The second kappa shape index (κ2) is 8.47. The Morgan fingerprint density at radius 2 is 1.95 bits per heavy atom. The molecule has 2 aromatic heterocycles. The molecule has 6 heteroatoms. The average Bonchev–Trinajstić information content (AvgIpc) is 2.81. The summed E-state index contributed by atoms with van der Waals surface area (Å²) in [5.41, 5.74) is 0. The predicted octanol–water partition coefficient (Wildman–Crippen LogP) is 3.79. The standard InChI is InChI=1S/C14H18ClN3S.ClH/c1-17(2)9-10-18(14-5-3-4-8-16-14)11-12-6-7-13(15)19-12;/h3-8H,9-11H2,1-2H3;1H. The molecule has 2 aromatic rings. The number of thiophene rings is 1. The minimum Gasteiger partial charge on any atom is -0.350 e. The second-order valence-electron chi connectivity index (χ2n) is 4.62. The van der Waals surface area contributed by atoms with Crippen molar-refractivity contribution in [1.82, 2.24) is 9.88 Å². The quantitative estimate of drug-likeness (QED) is 0.802. The van der Waals surface area contributed by atoms with Gasteiger partial charge in [0, 0.05) is 24.2 Å². The van der Waals surface area contributed by atoms with Gasteiger partial charge in [0.1, 0.15) is 5.82 Å². The topological polar surface area (TPSA) is 19.4 Å². The minimum absolute atomic E-state index is 0. The third-order valence-corrected chi connectivity index (χ3v) is 3.98. The van der Waals surface area contributed by atoms with Crippen LogP contribution in [0.15, 0.2) is 36.5 Å². The van der Waals surface area contributed by atoms with Crippen LogP contribution in [0.2, 0.25) is 4.34 Å². The number of rotatable bonds is 6. The van der Waals surface area contributed by atoms with E-state index < -0.39 is 0 Å². The Balaban J connectivity index is 0.00000200. The van der Waals surface area contributed by atoms with Crippen LogP contribution < -0.4 is 4.90 Å². The Morgan fingerprint density at radius 3 is 2.50 bits per heavy atom. The molecule has 0 aliphatic heterocycles. The number of halogens is 2. The molecule has 3 nitrogen and oxygen atoms in total. The molecule has 0 saturated heterocycles. The van der Waals surface area contributed by atoms with Gasteiger partial charge in [0.05, 0.1) is 10.9 Å². The number of hydrogen-bond donors (Lipinski definition) is 0. The van der Waals surface area contributed by atoms with Gasteiger partial charge in [-0.2, -0.15) is 0 Å². The smallest absolute Gasteiger partial charge is 0.128 e. The van der Waals surface area contributed by atoms with Crippen LogP contribution in [-0.4, -0.2) is 37.1 Å². The number of anilines is 1. The number of nitrogens with zero attached hydrogens (tertiary/aromatic N) is 3. The maximum Gasteiger partial charge on any atom is 0.128 e. The molecule has 0 radical (unpaired) electrons. The van der Waals surface area contributed by atoms with Crippen molar-refractivity contribution < 1.29 is 0 Å². The molecule has 0 fully saturated rings. The third-order valence-electron chi connectivity index (χ3n) is 2.77. The molecule has 0 unspecified atom stereocenters. The van der Waals surface area contributed by atoms with Gasteiger partial charge in [-0.05, 0) is 38.4 Å². The predicted molar refractivity (Wildman–Crippen MR) is 90.4 cm³/mol. The van der Waals surface area contributed by atoms with Crippen LogP contribution in [-0.2, 0) is 6.54 Å². The molecule has 0 bridgehead atoms. The zero-order chi connectivity index (χ0) is 13.7. The normalized spacial score (nSPS) is 10.4. The molecule has 110 valence electrons. The Bertz CT molecular complexity index is 502. The van der Waals surface area contributed by atoms with Crippen LogP contribution in [0, 0.1) is 0 Å². The molecule has 2 heterocycles. The van der Waals surface area contributed by atoms with Crippen LogP contribution >= 0.6 is 35.3 Å². The van der Waals surface area contributed by atoms with E-state index in [2.05, 4.69) is 34.9 Å². The molecule has 0 amide bonds. The Kier molecular flexibility index (Phi) is 7.30. The molecule has 0 saturated carbocycles. The fraction of sp³-hybridized carbons (Fsp3) is 0.357. The Hall–Kier alpha value is -0.810. The van der Waals surface area contributed by atoms with Crippen molar-refractivity contribution in [1.29, 1.82) is 0 Å². The first-order chi connectivity index (χ1) is 9.15. The molecule has 0 aliphatic carbocycles. The van der Waals surface area contributed by atoms with Crippen LogP contribution in [0.4, 0.5) is 5.82 Å². The van der Waals surface area contributed by atoms with Crippen molar-refractivity contribution >= 4 is 41.2 Å². The average molecular weight is 332 g/mol. The molecular weight excluding hydrogens is 313 g/mol. The van der Waals surface area contributed by atoms with E-state index >= 15 is 0 Å². The van der Waals surface area contributed by atoms with Crippen molar-refractivity contribution in [2.75, 3.05) is 32.1 Å². The molecule has 0 atom stereocenters. The summed E-state index contributed by atoms with van der Waals surface area (Å²) in [6, 6.07) is 10.0. The van der Waals surface area contributed by atoms with Crippen LogP contribution in [0.1, 0.15) is 4.88 Å². The van der Waals surface area contributed by atoms with E-state index in [0.717, 1.165) is 29.8 Å². The first kappa shape index (κ1) is 17.2. The maximum atomic E-state index is 5.99. The highest BCUT2D eigenvalue weighted by Crippen LogP contribution is 2.24. The van der Waals surface area contributed by atoms with E-state index in [-0.39, 0.29) is 12.4 Å².